The Balaban J connectivity index is 2.05. The first kappa shape index (κ1) is 30.8. The summed E-state index contributed by atoms with van der Waals surface area (Å²) in [6, 6.07) is 18.7. The molecule has 0 unspecified atom stereocenters. The highest BCUT2D eigenvalue weighted by atomic mass is 79.9. The van der Waals surface area contributed by atoms with Crippen molar-refractivity contribution in [2.24, 2.45) is 0 Å². The smallest absolute Gasteiger partial charge is 0.271 e. The van der Waals surface area contributed by atoms with Crippen molar-refractivity contribution in [3.8, 4) is 0 Å². The molecule has 10 nitrogen and oxygen atoms in total. The normalized spacial score (nSPS) is 12.7. The lowest BCUT2D eigenvalue weighted by Crippen LogP contribution is -2.52. The third kappa shape index (κ3) is 7.66. The van der Waals surface area contributed by atoms with Crippen LogP contribution in [0, 0.1) is 10.1 Å². The Morgan fingerprint density at radius 3 is 2.25 bits per heavy atom. The van der Waals surface area contributed by atoms with E-state index in [0.717, 1.165) is 20.4 Å². The van der Waals surface area contributed by atoms with Gasteiger partial charge in [-0.3, -0.25) is 24.0 Å². The molecular formula is C28H31BrN4O6S. The maximum Gasteiger partial charge on any atom is 0.271 e. The monoisotopic (exact) mass is 630 g/mol. The van der Waals surface area contributed by atoms with Gasteiger partial charge in [0.2, 0.25) is 11.8 Å². The number of anilines is 1. The Bertz CT molecular complexity index is 1450. The fourth-order valence-electron chi connectivity index (χ4n) is 3.84. The van der Waals surface area contributed by atoms with E-state index in [-0.39, 0.29) is 34.8 Å². The molecule has 0 saturated heterocycles. The van der Waals surface area contributed by atoms with Crippen LogP contribution in [0.2, 0.25) is 0 Å². The van der Waals surface area contributed by atoms with Crippen LogP contribution in [0.3, 0.4) is 0 Å². The van der Waals surface area contributed by atoms with Gasteiger partial charge in [0.15, 0.2) is 0 Å². The van der Waals surface area contributed by atoms with Crippen molar-refractivity contribution in [2.75, 3.05) is 10.8 Å². The predicted molar refractivity (Wildman–Crippen MR) is 156 cm³/mol. The molecule has 0 heterocycles. The van der Waals surface area contributed by atoms with Crippen LogP contribution in [-0.4, -0.2) is 48.7 Å². The molecule has 212 valence electrons. The maximum absolute atomic E-state index is 13.9. The number of non-ortho nitro benzene ring substituents is 1. The molecule has 12 heteroatoms. The number of amides is 2. The average molecular weight is 632 g/mol. The van der Waals surface area contributed by atoms with Gasteiger partial charge in [0.25, 0.3) is 15.7 Å². The average Bonchev–Trinajstić information content (AvgIpc) is 2.95. The molecule has 0 fully saturated rings. The van der Waals surface area contributed by atoms with Gasteiger partial charge in [-0.05, 0) is 56.2 Å². The van der Waals surface area contributed by atoms with E-state index in [1.54, 1.807) is 49.4 Å². The first-order valence-electron chi connectivity index (χ1n) is 12.6. The number of hydrogen-bond donors (Lipinski definition) is 1. The second-order valence-electron chi connectivity index (χ2n) is 9.24. The second-order valence-corrected chi connectivity index (χ2v) is 12.0. The van der Waals surface area contributed by atoms with Crippen molar-refractivity contribution in [2.45, 2.75) is 50.7 Å². The van der Waals surface area contributed by atoms with Crippen LogP contribution in [0.25, 0.3) is 0 Å². The van der Waals surface area contributed by atoms with E-state index < -0.39 is 33.4 Å². The van der Waals surface area contributed by atoms with Gasteiger partial charge in [0, 0.05) is 29.2 Å². The molecule has 0 saturated carbocycles. The molecule has 2 amide bonds. The third-order valence-electron chi connectivity index (χ3n) is 6.37. The Labute approximate surface area is 242 Å². The van der Waals surface area contributed by atoms with Gasteiger partial charge in [0.1, 0.15) is 12.6 Å². The van der Waals surface area contributed by atoms with Crippen LogP contribution >= 0.6 is 15.9 Å². The number of nitro groups is 1. The molecule has 0 aliphatic rings. The van der Waals surface area contributed by atoms with Gasteiger partial charge >= 0.3 is 0 Å². The largest absolute Gasteiger partial charge is 0.352 e. The number of halogens is 1. The maximum atomic E-state index is 13.9. The Kier molecular flexibility index (Phi) is 10.4. The summed E-state index contributed by atoms with van der Waals surface area (Å²) in [5.41, 5.74) is 0.352. The molecular weight excluding hydrogens is 600 g/mol. The fraction of sp³-hybridized carbons (Fsp3) is 0.286. The van der Waals surface area contributed by atoms with Gasteiger partial charge in [-0.1, -0.05) is 59.3 Å². The van der Waals surface area contributed by atoms with Crippen LogP contribution in [0.1, 0.15) is 32.8 Å². The number of rotatable bonds is 12. The minimum atomic E-state index is -4.32. The van der Waals surface area contributed by atoms with Gasteiger partial charge in [-0.2, -0.15) is 0 Å². The molecule has 3 aromatic carbocycles. The first-order chi connectivity index (χ1) is 18.9. The van der Waals surface area contributed by atoms with E-state index in [9.17, 15) is 28.1 Å². The van der Waals surface area contributed by atoms with E-state index in [4.69, 9.17) is 0 Å². The van der Waals surface area contributed by atoms with Crippen LogP contribution in [0.5, 0.6) is 0 Å². The Hall–Kier alpha value is -3.77. The van der Waals surface area contributed by atoms with E-state index in [2.05, 4.69) is 21.2 Å². The number of nitrogens with zero attached hydrogens (tertiary/aromatic N) is 3. The SMILES string of the molecule is CC[C@@H](C)NC(=O)[C@@H](C)N(Cc1ccc(Br)cc1)C(=O)CN(c1cccc([N+](=O)[O-])c1)S(=O)(=O)c1ccccc1. The van der Waals surface area contributed by atoms with Gasteiger partial charge < -0.3 is 10.2 Å². The van der Waals surface area contributed by atoms with Gasteiger partial charge in [0.05, 0.1) is 15.5 Å². The third-order valence-corrected chi connectivity index (χ3v) is 8.69. The number of hydrogen-bond acceptors (Lipinski definition) is 6. The summed E-state index contributed by atoms with van der Waals surface area (Å²) in [6.07, 6.45) is 0.689. The predicted octanol–water partition coefficient (Wildman–Crippen LogP) is 4.88. The van der Waals surface area contributed by atoms with Gasteiger partial charge in [-0.15, -0.1) is 0 Å². The quantitative estimate of drug-likeness (QED) is 0.224. The summed E-state index contributed by atoms with van der Waals surface area (Å²) in [6.45, 7) is 4.71. The Morgan fingerprint density at radius 1 is 1.00 bits per heavy atom. The van der Waals surface area contributed by atoms with Crippen LogP contribution in [-0.2, 0) is 26.2 Å². The number of nitro benzene ring substituents is 1. The summed E-state index contributed by atoms with van der Waals surface area (Å²) in [5.74, 6) is -1.03. The lowest BCUT2D eigenvalue weighted by atomic mass is 10.1. The molecule has 40 heavy (non-hydrogen) atoms. The van der Waals surface area contributed by atoms with E-state index in [1.165, 1.54) is 35.2 Å². The zero-order valence-electron chi connectivity index (χ0n) is 22.4. The second kappa shape index (κ2) is 13.5. The molecule has 3 rings (SSSR count). The summed E-state index contributed by atoms with van der Waals surface area (Å²) < 4.78 is 29.2. The summed E-state index contributed by atoms with van der Waals surface area (Å²) >= 11 is 3.38. The molecule has 0 aromatic heterocycles. The standard InChI is InChI=1S/C28H31BrN4O6S/c1-4-20(2)30-28(35)21(3)31(18-22-13-15-23(29)16-14-22)27(34)19-32(24-9-8-10-25(17-24)33(36)37)40(38,39)26-11-6-5-7-12-26/h5-17,20-21H,4,18-19H2,1-3H3,(H,30,35)/t20-,21-/m1/s1. The van der Waals surface area contributed by atoms with Gasteiger partial charge in [-0.25, -0.2) is 8.42 Å². The van der Waals surface area contributed by atoms with Crippen molar-refractivity contribution in [1.82, 2.24) is 10.2 Å². The molecule has 3 aromatic rings. The number of benzene rings is 3. The summed E-state index contributed by atoms with van der Waals surface area (Å²) in [4.78, 5) is 39.0. The van der Waals surface area contributed by atoms with Crippen LogP contribution in [0.4, 0.5) is 11.4 Å². The number of carbonyl (C=O) groups excluding carboxylic acids is 2. The zero-order chi connectivity index (χ0) is 29.4. The van der Waals surface area contributed by atoms with Crippen molar-refractivity contribution in [3.63, 3.8) is 0 Å². The van der Waals surface area contributed by atoms with E-state index >= 15 is 0 Å². The topological polar surface area (TPSA) is 130 Å². The molecule has 2 atom stereocenters. The highest BCUT2D eigenvalue weighted by Gasteiger charge is 2.33. The number of sulfonamides is 1. The number of carbonyl (C=O) groups is 2. The van der Waals surface area contributed by atoms with Crippen molar-refractivity contribution < 1.29 is 22.9 Å². The number of nitrogens with one attached hydrogen (secondary N) is 1. The lowest BCUT2D eigenvalue weighted by Gasteiger charge is -2.32. The van der Waals surface area contributed by atoms with E-state index in [0.29, 0.717) is 6.42 Å². The first-order valence-corrected chi connectivity index (χ1v) is 14.8. The zero-order valence-corrected chi connectivity index (χ0v) is 24.8. The minimum Gasteiger partial charge on any atom is -0.352 e. The molecule has 0 spiro atoms. The molecule has 0 bridgehead atoms. The summed E-state index contributed by atoms with van der Waals surface area (Å²) in [7, 11) is -4.32. The van der Waals surface area contributed by atoms with Crippen molar-refractivity contribution in [3.05, 3.63) is 99.0 Å². The van der Waals surface area contributed by atoms with Crippen LogP contribution < -0.4 is 9.62 Å². The molecule has 0 aliphatic heterocycles. The van der Waals surface area contributed by atoms with Crippen molar-refractivity contribution in [1.29, 1.82) is 0 Å². The fourth-order valence-corrected chi connectivity index (χ4v) is 5.54. The highest BCUT2D eigenvalue weighted by molar-refractivity contribution is 9.10. The molecule has 0 radical (unpaired) electrons. The highest BCUT2D eigenvalue weighted by Crippen LogP contribution is 2.27. The van der Waals surface area contributed by atoms with E-state index in [1.807, 2.05) is 13.8 Å². The molecule has 1 N–H and O–H groups in total. The minimum absolute atomic E-state index is 0.0371. The molecule has 0 aliphatic carbocycles. The lowest BCUT2D eigenvalue weighted by molar-refractivity contribution is -0.384. The van der Waals surface area contributed by atoms with Crippen molar-refractivity contribution >= 4 is 49.1 Å². The Morgan fingerprint density at radius 2 is 1.65 bits per heavy atom. The van der Waals surface area contributed by atoms with Crippen LogP contribution in [0.15, 0.2) is 88.2 Å². The summed E-state index contributed by atoms with van der Waals surface area (Å²) in [5, 5.41) is 14.3.